The van der Waals surface area contributed by atoms with Crippen LogP contribution in [-0.2, 0) is 26.5 Å². The molecule has 0 spiro atoms. The Labute approximate surface area is 161 Å². The Balaban J connectivity index is 1.83. The fourth-order valence-electron chi connectivity index (χ4n) is 3.44. The highest BCUT2D eigenvalue weighted by Crippen LogP contribution is 2.32. The molecule has 1 aliphatic carbocycles. The molecule has 0 unspecified atom stereocenters. The second-order valence-corrected chi connectivity index (χ2v) is 10.1. The van der Waals surface area contributed by atoms with Gasteiger partial charge in [0, 0.05) is 19.1 Å². The summed E-state index contributed by atoms with van der Waals surface area (Å²) >= 11 is 0. The van der Waals surface area contributed by atoms with Crippen molar-refractivity contribution in [1.29, 1.82) is 0 Å². The number of hydrogen-bond donors (Lipinski definition) is 1. The van der Waals surface area contributed by atoms with E-state index in [2.05, 4.69) is 4.72 Å². The summed E-state index contributed by atoms with van der Waals surface area (Å²) in [7, 11) is -7.35. The van der Waals surface area contributed by atoms with Crippen LogP contribution in [0.1, 0.15) is 37.4 Å². The Morgan fingerprint density at radius 1 is 0.926 bits per heavy atom. The zero-order chi connectivity index (χ0) is 19.7. The number of nitrogens with zero attached hydrogens (tertiary/aromatic N) is 1. The van der Waals surface area contributed by atoms with Gasteiger partial charge in [-0.2, -0.15) is 4.31 Å². The van der Waals surface area contributed by atoms with Crippen molar-refractivity contribution >= 4 is 20.0 Å². The van der Waals surface area contributed by atoms with E-state index in [0.717, 1.165) is 17.5 Å². The van der Waals surface area contributed by atoms with Crippen LogP contribution in [-0.4, -0.2) is 34.2 Å². The fourth-order valence-corrected chi connectivity index (χ4v) is 6.15. The summed E-state index contributed by atoms with van der Waals surface area (Å²) in [5.41, 5.74) is 2.16. The molecule has 0 aromatic heterocycles. The molecule has 3 rings (SSSR count). The first-order valence-electron chi connectivity index (χ1n) is 9.00. The van der Waals surface area contributed by atoms with Gasteiger partial charge in [0.25, 0.3) is 0 Å². The first-order chi connectivity index (χ1) is 12.8. The van der Waals surface area contributed by atoms with Crippen LogP contribution in [0.3, 0.4) is 0 Å². The molecule has 27 heavy (non-hydrogen) atoms. The van der Waals surface area contributed by atoms with Crippen LogP contribution >= 0.6 is 0 Å². The molecule has 1 atom stereocenters. The van der Waals surface area contributed by atoms with E-state index < -0.39 is 20.0 Å². The van der Waals surface area contributed by atoms with Crippen molar-refractivity contribution in [2.24, 2.45) is 0 Å². The predicted octanol–water partition coefficient (Wildman–Crippen LogP) is 2.68. The summed E-state index contributed by atoms with van der Waals surface area (Å²) in [6.45, 7) is 4.26. The Morgan fingerprint density at radius 3 is 2.15 bits per heavy atom. The largest absolute Gasteiger partial charge is 0.243 e. The molecule has 0 amide bonds. The Morgan fingerprint density at radius 2 is 1.52 bits per heavy atom. The van der Waals surface area contributed by atoms with Crippen LogP contribution in [0.25, 0.3) is 0 Å². The normalized spacial score (nSPS) is 17.2. The van der Waals surface area contributed by atoms with E-state index >= 15 is 0 Å². The van der Waals surface area contributed by atoms with Crippen molar-refractivity contribution in [3.63, 3.8) is 0 Å². The van der Waals surface area contributed by atoms with Crippen LogP contribution < -0.4 is 4.72 Å². The third kappa shape index (κ3) is 3.94. The Hall–Kier alpha value is -1.74. The summed E-state index contributed by atoms with van der Waals surface area (Å²) in [4.78, 5) is 0.154. The first kappa shape index (κ1) is 20.0. The minimum absolute atomic E-state index is 0.0605. The molecule has 0 fully saturated rings. The van der Waals surface area contributed by atoms with Crippen molar-refractivity contribution in [2.75, 3.05) is 13.1 Å². The minimum Gasteiger partial charge on any atom is -0.207 e. The zero-order valence-corrected chi connectivity index (χ0v) is 17.1. The maximum absolute atomic E-state index is 12.7. The van der Waals surface area contributed by atoms with E-state index in [-0.39, 0.29) is 15.8 Å². The second kappa shape index (κ2) is 7.71. The molecule has 2 aromatic rings. The van der Waals surface area contributed by atoms with Gasteiger partial charge < -0.3 is 0 Å². The lowest BCUT2D eigenvalue weighted by atomic mass is 10.1. The number of aryl methyl sites for hydroxylation is 1. The van der Waals surface area contributed by atoms with E-state index in [1.165, 1.54) is 28.6 Å². The number of nitrogens with one attached hydrogen (secondary N) is 1. The van der Waals surface area contributed by atoms with Gasteiger partial charge in [-0.3, -0.25) is 0 Å². The quantitative estimate of drug-likeness (QED) is 0.763. The van der Waals surface area contributed by atoms with Crippen molar-refractivity contribution in [2.45, 2.75) is 42.5 Å². The van der Waals surface area contributed by atoms with E-state index in [9.17, 15) is 16.8 Å². The smallest absolute Gasteiger partial charge is 0.207 e. The van der Waals surface area contributed by atoms with Gasteiger partial charge in [0.1, 0.15) is 0 Å². The highest BCUT2D eigenvalue weighted by Gasteiger charge is 2.28. The maximum atomic E-state index is 12.7. The topological polar surface area (TPSA) is 83.6 Å². The van der Waals surface area contributed by atoms with Crippen LogP contribution in [0.5, 0.6) is 0 Å². The number of hydrogen-bond acceptors (Lipinski definition) is 4. The molecule has 8 heteroatoms. The zero-order valence-electron chi connectivity index (χ0n) is 15.4. The van der Waals surface area contributed by atoms with Crippen molar-refractivity contribution in [1.82, 2.24) is 9.03 Å². The van der Waals surface area contributed by atoms with Gasteiger partial charge in [-0.25, -0.2) is 21.6 Å². The van der Waals surface area contributed by atoms with E-state index in [1.807, 2.05) is 24.3 Å². The van der Waals surface area contributed by atoms with Crippen molar-refractivity contribution in [3.8, 4) is 0 Å². The average Bonchev–Trinajstić information content (AvgIpc) is 3.05. The molecule has 0 heterocycles. The van der Waals surface area contributed by atoms with Gasteiger partial charge in [-0.05, 0) is 48.2 Å². The van der Waals surface area contributed by atoms with Gasteiger partial charge in [0.05, 0.1) is 9.79 Å². The lowest BCUT2D eigenvalue weighted by Gasteiger charge is -2.19. The molecule has 0 radical (unpaired) electrons. The summed E-state index contributed by atoms with van der Waals surface area (Å²) in [6, 6.07) is 12.9. The fraction of sp³-hybridized carbons (Fsp3) is 0.368. The van der Waals surface area contributed by atoms with Crippen LogP contribution in [0, 0.1) is 0 Å². The highest BCUT2D eigenvalue weighted by molar-refractivity contribution is 7.89. The molecule has 1 N–H and O–H groups in total. The highest BCUT2D eigenvalue weighted by atomic mass is 32.2. The molecule has 0 bridgehead atoms. The molecule has 1 aliphatic rings. The van der Waals surface area contributed by atoms with E-state index in [0.29, 0.717) is 19.5 Å². The van der Waals surface area contributed by atoms with Gasteiger partial charge in [-0.15, -0.1) is 0 Å². The monoisotopic (exact) mass is 408 g/mol. The Kier molecular flexibility index (Phi) is 5.71. The van der Waals surface area contributed by atoms with Gasteiger partial charge in [0.15, 0.2) is 0 Å². The summed E-state index contributed by atoms with van der Waals surface area (Å²) in [5, 5.41) is 0. The van der Waals surface area contributed by atoms with Crippen molar-refractivity contribution < 1.29 is 16.8 Å². The molecule has 0 aliphatic heterocycles. The number of sulfonamides is 2. The molecule has 146 valence electrons. The molecule has 0 saturated carbocycles. The van der Waals surface area contributed by atoms with Crippen LogP contribution in [0.15, 0.2) is 58.3 Å². The third-order valence-electron chi connectivity index (χ3n) is 4.91. The molecular formula is C19H24N2O4S2. The van der Waals surface area contributed by atoms with Crippen LogP contribution in [0.2, 0.25) is 0 Å². The number of benzene rings is 2. The molecule has 2 aromatic carbocycles. The lowest BCUT2D eigenvalue weighted by molar-refractivity contribution is 0.445. The van der Waals surface area contributed by atoms with Gasteiger partial charge >= 0.3 is 0 Å². The average molecular weight is 409 g/mol. The summed E-state index contributed by atoms with van der Waals surface area (Å²) < 4.78 is 54.6. The first-order valence-corrected chi connectivity index (χ1v) is 11.9. The number of fused-ring (bicyclic) bond motifs is 1. The standard InChI is InChI=1S/C19H24N2O4S2/c1-3-21(4-2)27(24,25)17-12-10-16(11-13-17)26(22,23)20-19-14-9-15-7-5-6-8-18(15)19/h5-8,10-13,19-20H,3-4,9,14H2,1-2H3/t19-/m1/s1. The van der Waals surface area contributed by atoms with Gasteiger partial charge in [0.2, 0.25) is 20.0 Å². The summed E-state index contributed by atoms with van der Waals surface area (Å²) in [6.07, 6.45) is 1.55. The van der Waals surface area contributed by atoms with Gasteiger partial charge in [-0.1, -0.05) is 38.1 Å². The van der Waals surface area contributed by atoms with Crippen LogP contribution in [0.4, 0.5) is 0 Å². The van der Waals surface area contributed by atoms with E-state index in [4.69, 9.17) is 0 Å². The molecular weight excluding hydrogens is 384 g/mol. The lowest BCUT2D eigenvalue weighted by Crippen LogP contribution is -2.30. The molecule has 6 nitrogen and oxygen atoms in total. The van der Waals surface area contributed by atoms with Crippen molar-refractivity contribution in [3.05, 3.63) is 59.7 Å². The minimum atomic E-state index is -3.74. The SMILES string of the molecule is CCN(CC)S(=O)(=O)c1ccc(S(=O)(=O)N[C@@H]2CCc3ccccc32)cc1. The third-order valence-corrected chi connectivity index (χ3v) is 8.46. The molecule has 0 saturated heterocycles. The van der Waals surface area contributed by atoms with E-state index in [1.54, 1.807) is 13.8 Å². The maximum Gasteiger partial charge on any atom is 0.243 e. The second-order valence-electron chi connectivity index (χ2n) is 6.47. The predicted molar refractivity (Wildman–Crippen MR) is 104 cm³/mol. The number of rotatable bonds is 7. The summed E-state index contributed by atoms with van der Waals surface area (Å²) in [5.74, 6) is 0. The Bertz CT molecular complexity index is 1010.